The largest absolute Gasteiger partial charge is 0.333 e. The molecular formula is C6H3F2NO2. The Morgan fingerprint density at radius 2 is 2.18 bits per heavy atom. The van der Waals surface area contributed by atoms with Gasteiger partial charge in [0, 0.05) is 6.20 Å². The van der Waals surface area contributed by atoms with E-state index >= 15 is 0 Å². The third kappa shape index (κ3) is 1.49. The van der Waals surface area contributed by atoms with Crippen molar-refractivity contribution in [2.24, 2.45) is 0 Å². The van der Waals surface area contributed by atoms with E-state index in [1.54, 1.807) is 0 Å². The van der Waals surface area contributed by atoms with Crippen molar-refractivity contribution in [3.63, 3.8) is 0 Å². The fourth-order valence-corrected chi connectivity index (χ4v) is 0.569. The van der Waals surface area contributed by atoms with Crippen molar-refractivity contribution in [2.75, 3.05) is 0 Å². The van der Waals surface area contributed by atoms with Gasteiger partial charge in [-0.15, -0.1) is 0 Å². The summed E-state index contributed by atoms with van der Waals surface area (Å²) in [5.41, 5.74) is -1.47. The second-order valence-electron chi connectivity index (χ2n) is 1.84. The Morgan fingerprint density at radius 3 is 2.64 bits per heavy atom. The number of halogens is 2. The highest BCUT2D eigenvalue weighted by molar-refractivity contribution is 5.87. The van der Waals surface area contributed by atoms with Crippen LogP contribution in [0.3, 0.4) is 0 Å². The molecule has 11 heavy (non-hydrogen) atoms. The van der Waals surface area contributed by atoms with Crippen molar-refractivity contribution in [1.82, 2.24) is 4.98 Å². The number of aromatic nitrogens is 1. The van der Waals surface area contributed by atoms with Crippen LogP contribution in [0.2, 0.25) is 0 Å². The standard InChI is InChI=1S/C6H3F2NO2/c7-4-1-3(5(8)10)2-9-6(4)11/h1-2H,(H,9,11). The Bertz CT molecular complexity index is 345. The number of rotatable bonds is 1. The van der Waals surface area contributed by atoms with Crippen molar-refractivity contribution in [2.45, 2.75) is 0 Å². The van der Waals surface area contributed by atoms with Crippen LogP contribution in [0.1, 0.15) is 10.4 Å². The first-order valence-electron chi connectivity index (χ1n) is 2.69. The number of nitrogens with one attached hydrogen (secondary N) is 1. The molecule has 0 fully saturated rings. The number of carbonyl (C=O) groups excluding carboxylic acids is 1. The summed E-state index contributed by atoms with van der Waals surface area (Å²) in [6, 6.07) is -1.23. The molecule has 1 aromatic heterocycles. The lowest BCUT2D eigenvalue weighted by molar-refractivity contribution is 0.0835. The van der Waals surface area contributed by atoms with E-state index in [4.69, 9.17) is 0 Å². The molecule has 0 aromatic carbocycles. The predicted molar refractivity (Wildman–Crippen MR) is 32.5 cm³/mol. The van der Waals surface area contributed by atoms with Crippen LogP contribution in [0.25, 0.3) is 0 Å². The molecule has 1 heterocycles. The highest BCUT2D eigenvalue weighted by Gasteiger charge is 2.06. The van der Waals surface area contributed by atoms with E-state index in [1.165, 1.54) is 0 Å². The molecule has 0 bridgehead atoms. The van der Waals surface area contributed by atoms with Crippen LogP contribution in [0.4, 0.5) is 8.78 Å². The summed E-state index contributed by atoms with van der Waals surface area (Å²) in [7, 11) is 0. The summed E-state index contributed by atoms with van der Waals surface area (Å²) in [6.07, 6.45) is 0.813. The first-order valence-corrected chi connectivity index (χ1v) is 2.69. The van der Waals surface area contributed by atoms with Gasteiger partial charge in [0.2, 0.25) is 0 Å². The van der Waals surface area contributed by atoms with E-state index < -0.39 is 23.0 Å². The van der Waals surface area contributed by atoms with Crippen LogP contribution in [0, 0.1) is 5.82 Å². The fourth-order valence-electron chi connectivity index (χ4n) is 0.569. The van der Waals surface area contributed by atoms with Crippen molar-refractivity contribution < 1.29 is 13.6 Å². The molecular weight excluding hydrogens is 156 g/mol. The van der Waals surface area contributed by atoms with Crippen LogP contribution in [-0.2, 0) is 0 Å². The van der Waals surface area contributed by atoms with Crippen molar-refractivity contribution >= 4 is 6.04 Å². The summed E-state index contributed by atoms with van der Waals surface area (Å²) >= 11 is 0. The minimum Gasteiger partial charge on any atom is -0.326 e. The number of pyridine rings is 1. The maximum absolute atomic E-state index is 12.3. The van der Waals surface area contributed by atoms with Crippen LogP contribution >= 0.6 is 0 Å². The summed E-state index contributed by atoms with van der Waals surface area (Å²) in [6.45, 7) is 0. The minimum absolute atomic E-state index is 0.498. The molecule has 5 heteroatoms. The SMILES string of the molecule is O=C(F)c1c[nH]c(=O)c(F)c1. The summed E-state index contributed by atoms with van der Waals surface area (Å²) in [5, 5.41) is 0. The number of hydrogen-bond donors (Lipinski definition) is 1. The number of carbonyl (C=O) groups is 1. The molecule has 0 atom stereocenters. The molecule has 0 spiro atoms. The van der Waals surface area contributed by atoms with E-state index in [2.05, 4.69) is 0 Å². The zero-order chi connectivity index (χ0) is 8.43. The van der Waals surface area contributed by atoms with E-state index in [-0.39, 0.29) is 0 Å². The van der Waals surface area contributed by atoms with E-state index in [0.717, 1.165) is 6.20 Å². The molecule has 1 aromatic rings. The van der Waals surface area contributed by atoms with Gasteiger partial charge in [0.1, 0.15) is 0 Å². The summed E-state index contributed by atoms with van der Waals surface area (Å²) in [5.74, 6) is -1.17. The van der Waals surface area contributed by atoms with Gasteiger partial charge in [-0.2, -0.15) is 4.39 Å². The van der Waals surface area contributed by atoms with Crippen LogP contribution < -0.4 is 5.56 Å². The lowest BCUT2D eigenvalue weighted by atomic mass is 10.3. The summed E-state index contributed by atoms with van der Waals surface area (Å²) < 4.78 is 24.1. The van der Waals surface area contributed by atoms with Gasteiger partial charge in [-0.1, -0.05) is 0 Å². The topological polar surface area (TPSA) is 49.9 Å². The second kappa shape index (κ2) is 2.61. The minimum atomic E-state index is -1.78. The Kier molecular flexibility index (Phi) is 1.80. The number of H-pyrrole nitrogens is 1. The first-order chi connectivity index (χ1) is 5.11. The summed E-state index contributed by atoms with van der Waals surface area (Å²) in [4.78, 5) is 22.1. The van der Waals surface area contributed by atoms with Gasteiger partial charge in [0.05, 0.1) is 5.56 Å². The van der Waals surface area contributed by atoms with E-state index in [0.29, 0.717) is 6.07 Å². The van der Waals surface area contributed by atoms with Gasteiger partial charge >= 0.3 is 6.04 Å². The molecule has 0 radical (unpaired) electrons. The third-order valence-electron chi connectivity index (χ3n) is 1.08. The molecule has 1 rings (SSSR count). The molecule has 0 saturated carbocycles. The average Bonchev–Trinajstić information content (AvgIpc) is 1.94. The molecule has 0 aliphatic heterocycles. The lowest BCUT2D eigenvalue weighted by Crippen LogP contribution is -2.11. The normalized spacial score (nSPS) is 9.64. The third-order valence-corrected chi connectivity index (χ3v) is 1.08. The Hall–Kier alpha value is -1.52. The van der Waals surface area contributed by atoms with Gasteiger partial charge in [0.25, 0.3) is 5.56 Å². The first kappa shape index (κ1) is 7.59. The zero-order valence-corrected chi connectivity index (χ0v) is 5.23. The molecule has 0 aliphatic rings. The monoisotopic (exact) mass is 159 g/mol. The van der Waals surface area contributed by atoms with Crippen LogP contribution in [-0.4, -0.2) is 11.0 Å². The fraction of sp³-hybridized carbons (Fsp3) is 0. The predicted octanol–water partition coefficient (Wildman–Crippen LogP) is 0.624. The smallest absolute Gasteiger partial charge is 0.326 e. The molecule has 0 aliphatic carbocycles. The Morgan fingerprint density at radius 1 is 1.55 bits per heavy atom. The van der Waals surface area contributed by atoms with E-state index in [1.807, 2.05) is 4.98 Å². The highest BCUT2D eigenvalue weighted by Crippen LogP contribution is 1.98. The Labute approximate surface area is 59.7 Å². The van der Waals surface area contributed by atoms with Crippen LogP contribution in [0.5, 0.6) is 0 Å². The van der Waals surface area contributed by atoms with Gasteiger partial charge < -0.3 is 4.98 Å². The van der Waals surface area contributed by atoms with Gasteiger partial charge in [0.15, 0.2) is 5.82 Å². The molecule has 58 valence electrons. The second-order valence-corrected chi connectivity index (χ2v) is 1.84. The van der Waals surface area contributed by atoms with Gasteiger partial charge in [-0.05, 0) is 6.07 Å². The van der Waals surface area contributed by atoms with Crippen LogP contribution in [0.15, 0.2) is 17.1 Å². The molecule has 0 unspecified atom stereocenters. The highest BCUT2D eigenvalue weighted by atomic mass is 19.1. The Balaban J connectivity index is 3.26. The van der Waals surface area contributed by atoms with Crippen molar-refractivity contribution in [3.8, 4) is 0 Å². The molecule has 0 amide bonds. The molecule has 3 nitrogen and oxygen atoms in total. The van der Waals surface area contributed by atoms with E-state index in [9.17, 15) is 18.4 Å². The molecule has 0 saturated heterocycles. The van der Waals surface area contributed by atoms with Gasteiger partial charge in [-0.25, -0.2) is 4.39 Å². The van der Waals surface area contributed by atoms with Gasteiger partial charge in [-0.3, -0.25) is 9.59 Å². The number of aromatic amines is 1. The maximum Gasteiger partial charge on any atom is 0.333 e. The zero-order valence-electron chi connectivity index (χ0n) is 5.23. The van der Waals surface area contributed by atoms with Crippen molar-refractivity contribution in [1.29, 1.82) is 0 Å². The molecule has 1 N–H and O–H groups in total. The number of hydrogen-bond acceptors (Lipinski definition) is 2. The maximum atomic E-state index is 12.3. The lowest BCUT2D eigenvalue weighted by Gasteiger charge is -1.89. The quantitative estimate of drug-likeness (QED) is 0.610. The van der Waals surface area contributed by atoms with Crippen molar-refractivity contribution in [3.05, 3.63) is 34.0 Å². The average molecular weight is 159 g/mol.